The van der Waals surface area contributed by atoms with Crippen LogP contribution < -0.4 is 4.90 Å². The van der Waals surface area contributed by atoms with E-state index < -0.39 is 0 Å². The number of anilines is 1. The lowest BCUT2D eigenvalue weighted by Crippen LogP contribution is -2.35. The van der Waals surface area contributed by atoms with Gasteiger partial charge in [0.25, 0.3) is 5.69 Å². The summed E-state index contributed by atoms with van der Waals surface area (Å²) in [6.07, 6.45) is 4.85. The van der Waals surface area contributed by atoms with Crippen LogP contribution in [-0.4, -0.2) is 18.0 Å². The number of halogens is 1. The predicted molar refractivity (Wildman–Crippen MR) is 82.5 cm³/mol. The minimum atomic E-state index is -0.373. The molecule has 0 aliphatic heterocycles. The lowest BCUT2D eigenvalue weighted by atomic mass is 9.86. The van der Waals surface area contributed by atoms with Crippen molar-refractivity contribution < 1.29 is 4.92 Å². The van der Waals surface area contributed by atoms with Crippen LogP contribution in [-0.2, 0) is 5.88 Å². The first kappa shape index (κ1) is 15.1. The Labute approximate surface area is 124 Å². The van der Waals surface area contributed by atoms with Crippen LogP contribution in [0.15, 0.2) is 18.2 Å². The Morgan fingerprint density at radius 3 is 2.55 bits per heavy atom. The average molecular weight is 297 g/mol. The second-order valence-electron chi connectivity index (χ2n) is 5.73. The van der Waals surface area contributed by atoms with Gasteiger partial charge in [0.05, 0.1) is 4.92 Å². The van der Waals surface area contributed by atoms with E-state index in [-0.39, 0.29) is 10.6 Å². The summed E-state index contributed by atoms with van der Waals surface area (Å²) in [5.74, 6) is 1.11. The third-order valence-electron chi connectivity index (χ3n) is 4.33. The Bertz CT molecular complexity index is 485. The summed E-state index contributed by atoms with van der Waals surface area (Å²) in [5, 5.41) is 10.8. The Balaban J connectivity index is 2.20. The summed E-state index contributed by atoms with van der Waals surface area (Å²) in [6.45, 7) is 2.30. The molecule has 1 aliphatic rings. The molecule has 0 radical (unpaired) electrons. The van der Waals surface area contributed by atoms with Crippen LogP contribution in [0.5, 0.6) is 0 Å². The van der Waals surface area contributed by atoms with Gasteiger partial charge in [-0.05, 0) is 43.2 Å². The van der Waals surface area contributed by atoms with E-state index in [4.69, 9.17) is 11.6 Å². The fraction of sp³-hybridized carbons (Fsp3) is 0.600. The number of benzene rings is 1. The van der Waals surface area contributed by atoms with Crippen LogP contribution in [0.4, 0.5) is 11.4 Å². The van der Waals surface area contributed by atoms with E-state index >= 15 is 0 Å². The first-order valence-electron chi connectivity index (χ1n) is 7.09. The van der Waals surface area contributed by atoms with Crippen molar-refractivity contribution in [1.82, 2.24) is 0 Å². The maximum atomic E-state index is 10.8. The molecule has 0 N–H and O–H groups in total. The highest BCUT2D eigenvalue weighted by atomic mass is 35.5. The van der Waals surface area contributed by atoms with Gasteiger partial charge in [-0.25, -0.2) is 0 Å². The molecule has 0 unspecified atom stereocenters. The first-order chi connectivity index (χ1) is 9.52. The minimum absolute atomic E-state index is 0.107. The highest BCUT2D eigenvalue weighted by molar-refractivity contribution is 6.17. The number of hydrogen-bond acceptors (Lipinski definition) is 3. The monoisotopic (exact) mass is 296 g/mol. The molecule has 1 saturated carbocycles. The molecule has 5 heteroatoms. The van der Waals surface area contributed by atoms with Gasteiger partial charge in [-0.15, -0.1) is 11.6 Å². The summed E-state index contributed by atoms with van der Waals surface area (Å²) < 4.78 is 0. The van der Waals surface area contributed by atoms with Crippen molar-refractivity contribution in [3.63, 3.8) is 0 Å². The standard InChI is InChI=1S/C15H21ClN2O2/c1-11-3-5-13(6-4-11)17(2)15-8-7-14(18(19)20)9-12(15)10-16/h7-9,11,13H,3-6,10H2,1-2H3. The predicted octanol–water partition coefficient (Wildman–Crippen LogP) is 4.35. The zero-order chi connectivity index (χ0) is 14.7. The maximum Gasteiger partial charge on any atom is 0.269 e. The number of alkyl halides is 1. The van der Waals surface area contributed by atoms with E-state index in [1.165, 1.54) is 25.7 Å². The highest BCUT2D eigenvalue weighted by Crippen LogP contribution is 2.33. The molecule has 0 bridgehead atoms. The fourth-order valence-electron chi connectivity index (χ4n) is 2.96. The molecule has 0 heterocycles. The molecule has 2 rings (SSSR count). The molecule has 1 aliphatic carbocycles. The van der Waals surface area contributed by atoms with Crippen molar-refractivity contribution in [2.45, 2.75) is 44.5 Å². The molecule has 20 heavy (non-hydrogen) atoms. The van der Waals surface area contributed by atoms with Crippen LogP contribution in [0.1, 0.15) is 38.2 Å². The molecule has 4 nitrogen and oxygen atoms in total. The lowest BCUT2D eigenvalue weighted by Gasteiger charge is -2.36. The van der Waals surface area contributed by atoms with E-state index in [1.54, 1.807) is 12.1 Å². The van der Waals surface area contributed by atoms with E-state index in [1.807, 2.05) is 6.07 Å². The van der Waals surface area contributed by atoms with Crippen molar-refractivity contribution in [3.8, 4) is 0 Å². The van der Waals surface area contributed by atoms with Crippen LogP contribution in [0, 0.1) is 16.0 Å². The van der Waals surface area contributed by atoms with Crippen molar-refractivity contribution in [1.29, 1.82) is 0 Å². The molecule has 0 atom stereocenters. The summed E-state index contributed by atoms with van der Waals surface area (Å²) in [5.41, 5.74) is 1.96. The molecule has 0 aromatic heterocycles. The minimum Gasteiger partial charge on any atom is -0.371 e. The Morgan fingerprint density at radius 1 is 1.35 bits per heavy atom. The quantitative estimate of drug-likeness (QED) is 0.471. The molecule has 1 fully saturated rings. The normalized spacial score (nSPS) is 22.6. The summed E-state index contributed by atoms with van der Waals surface area (Å²) >= 11 is 5.97. The Morgan fingerprint density at radius 2 is 2.00 bits per heavy atom. The number of rotatable bonds is 4. The van der Waals surface area contributed by atoms with Crippen molar-refractivity contribution in [2.75, 3.05) is 11.9 Å². The summed E-state index contributed by atoms with van der Waals surface area (Å²) in [4.78, 5) is 12.7. The zero-order valence-electron chi connectivity index (χ0n) is 12.0. The van der Waals surface area contributed by atoms with Gasteiger partial charge >= 0.3 is 0 Å². The molecule has 110 valence electrons. The number of nitrogens with zero attached hydrogens (tertiary/aromatic N) is 2. The number of hydrogen-bond donors (Lipinski definition) is 0. The van der Waals surface area contributed by atoms with Crippen LogP contribution in [0.25, 0.3) is 0 Å². The van der Waals surface area contributed by atoms with E-state index in [0.29, 0.717) is 11.9 Å². The van der Waals surface area contributed by atoms with Gasteiger partial charge in [0.2, 0.25) is 0 Å². The van der Waals surface area contributed by atoms with Crippen LogP contribution in [0.2, 0.25) is 0 Å². The van der Waals surface area contributed by atoms with Gasteiger partial charge < -0.3 is 4.90 Å². The summed E-state index contributed by atoms with van der Waals surface area (Å²) in [7, 11) is 2.07. The van der Waals surface area contributed by atoms with Gasteiger partial charge in [-0.2, -0.15) is 0 Å². The smallest absolute Gasteiger partial charge is 0.269 e. The van der Waals surface area contributed by atoms with Crippen molar-refractivity contribution in [2.24, 2.45) is 5.92 Å². The van der Waals surface area contributed by atoms with Crippen molar-refractivity contribution >= 4 is 23.0 Å². The van der Waals surface area contributed by atoms with Gasteiger partial charge in [-0.3, -0.25) is 10.1 Å². The number of non-ortho nitro benzene ring substituents is 1. The molecule has 1 aromatic rings. The maximum absolute atomic E-state index is 10.8. The van der Waals surface area contributed by atoms with Crippen LogP contribution >= 0.6 is 11.6 Å². The van der Waals surface area contributed by atoms with Gasteiger partial charge in [0, 0.05) is 36.8 Å². The fourth-order valence-corrected chi connectivity index (χ4v) is 3.18. The van der Waals surface area contributed by atoms with Crippen molar-refractivity contribution in [3.05, 3.63) is 33.9 Å². The Hall–Kier alpha value is -1.29. The molecule has 1 aromatic carbocycles. The van der Waals surface area contributed by atoms with Gasteiger partial charge in [0.15, 0.2) is 0 Å². The van der Waals surface area contributed by atoms with E-state index in [9.17, 15) is 10.1 Å². The second kappa shape index (κ2) is 6.44. The molecule has 0 spiro atoms. The lowest BCUT2D eigenvalue weighted by molar-refractivity contribution is -0.384. The first-order valence-corrected chi connectivity index (χ1v) is 7.62. The molecular formula is C15H21ClN2O2. The Kier molecular flexibility index (Phi) is 4.86. The van der Waals surface area contributed by atoms with Gasteiger partial charge in [-0.1, -0.05) is 6.92 Å². The zero-order valence-corrected chi connectivity index (χ0v) is 12.8. The van der Waals surface area contributed by atoms with Gasteiger partial charge in [0.1, 0.15) is 0 Å². The second-order valence-corrected chi connectivity index (χ2v) is 6.00. The average Bonchev–Trinajstić information content (AvgIpc) is 2.46. The number of nitro benzene ring substituents is 1. The third kappa shape index (κ3) is 3.23. The van der Waals surface area contributed by atoms with E-state index in [2.05, 4.69) is 18.9 Å². The topological polar surface area (TPSA) is 46.4 Å². The molecular weight excluding hydrogens is 276 g/mol. The number of nitro groups is 1. The highest BCUT2D eigenvalue weighted by Gasteiger charge is 2.23. The third-order valence-corrected chi connectivity index (χ3v) is 4.62. The van der Waals surface area contributed by atoms with E-state index in [0.717, 1.165) is 17.2 Å². The molecule has 0 amide bonds. The SMILES string of the molecule is CC1CCC(N(C)c2ccc([N+](=O)[O-])cc2CCl)CC1. The largest absolute Gasteiger partial charge is 0.371 e. The van der Waals surface area contributed by atoms with Crippen LogP contribution in [0.3, 0.4) is 0 Å². The summed E-state index contributed by atoms with van der Waals surface area (Å²) in [6, 6.07) is 5.49. The molecule has 0 saturated heterocycles.